The summed E-state index contributed by atoms with van der Waals surface area (Å²) >= 11 is 1.58. The number of nitrogens with zero attached hydrogens (tertiary/aromatic N) is 3. The van der Waals surface area contributed by atoms with Gasteiger partial charge in [0.1, 0.15) is 0 Å². The molecule has 0 bridgehead atoms. The molecule has 4 nitrogen and oxygen atoms in total. The highest BCUT2D eigenvalue weighted by Gasteiger charge is 2.02. The summed E-state index contributed by atoms with van der Waals surface area (Å²) in [4.78, 5) is 8.70. The molecule has 0 atom stereocenters. The van der Waals surface area contributed by atoms with Gasteiger partial charge in [-0.25, -0.2) is 4.98 Å². The van der Waals surface area contributed by atoms with Crippen LogP contribution >= 0.6 is 11.3 Å². The van der Waals surface area contributed by atoms with Crippen LogP contribution in [0.15, 0.2) is 53.8 Å². The van der Waals surface area contributed by atoms with Crippen LogP contribution in [0.4, 0.5) is 5.13 Å². The lowest BCUT2D eigenvalue weighted by Crippen LogP contribution is -2.01. The van der Waals surface area contributed by atoms with Gasteiger partial charge in [0.2, 0.25) is 5.13 Å². The molecule has 2 heterocycles. The molecule has 1 aromatic carbocycles. The number of para-hydroxylation sites is 1. The number of nitrogens with one attached hydrogen (secondary N) is 1. The molecule has 1 N–H and O–H groups in total. The Morgan fingerprint density at radius 3 is 2.79 bits per heavy atom. The number of pyridine rings is 1. The second-order valence-corrected chi connectivity index (χ2v) is 5.04. The van der Waals surface area contributed by atoms with Gasteiger partial charge in [0.25, 0.3) is 0 Å². The van der Waals surface area contributed by atoms with Gasteiger partial charge in [0.15, 0.2) is 0 Å². The number of hydrazone groups is 1. The van der Waals surface area contributed by atoms with Crippen LogP contribution in [0, 0.1) is 0 Å². The SMILES string of the molecule is CC(=NNc1nc2ccccc2s1)c1ccccn1. The van der Waals surface area contributed by atoms with Crippen molar-refractivity contribution in [3.05, 3.63) is 54.4 Å². The summed E-state index contributed by atoms with van der Waals surface area (Å²) in [6, 6.07) is 13.8. The van der Waals surface area contributed by atoms with Gasteiger partial charge in [-0.05, 0) is 31.2 Å². The van der Waals surface area contributed by atoms with E-state index in [1.54, 1.807) is 17.5 Å². The summed E-state index contributed by atoms with van der Waals surface area (Å²) < 4.78 is 1.15. The van der Waals surface area contributed by atoms with Gasteiger partial charge in [-0.15, -0.1) is 0 Å². The lowest BCUT2D eigenvalue weighted by molar-refractivity contribution is 1.24. The molecule has 3 aromatic rings. The molecule has 0 spiro atoms. The van der Waals surface area contributed by atoms with E-state index in [4.69, 9.17) is 0 Å². The van der Waals surface area contributed by atoms with E-state index in [1.807, 2.05) is 49.4 Å². The van der Waals surface area contributed by atoms with Crippen molar-refractivity contribution >= 4 is 32.4 Å². The van der Waals surface area contributed by atoms with Crippen molar-refractivity contribution in [3.63, 3.8) is 0 Å². The molecule has 5 heteroatoms. The predicted octanol–water partition coefficient (Wildman–Crippen LogP) is 3.53. The van der Waals surface area contributed by atoms with E-state index in [1.165, 1.54) is 0 Å². The number of thiazole rings is 1. The number of fused-ring (bicyclic) bond motifs is 1. The van der Waals surface area contributed by atoms with E-state index in [2.05, 4.69) is 20.5 Å². The van der Waals surface area contributed by atoms with Crippen molar-refractivity contribution in [1.29, 1.82) is 0 Å². The molecule has 94 valence electrons. The van der Waals surface area contributed by atoms with Crippen LogP contribution in [-0.4, -0.2) is 15.7 Å². The molecule has 0 fully saturated rings. The average Bonchev–Trinajstić information content (AvgIpc) is 2.88. The van der Waals surface area contributed by atoms with Gasteiger partial charge < -0.3 is 0 Å². The first-order valence-electron chi connectivity index (χ1n) is 5.90. The third kappa shape index (κ3) is 2.61. The van der Waals surface area contributed by atoms with Crippen molar-refractivity contribution in [1.82, 2.24) is 9.97 Å². The van der Waals surface area contributed by atoms with Gasteiger partial charge >= 0.3 is 0 Å². The van der Waals surface area contributed by atoms with Crippen LogP contribution in [0.25, 0.3) is 10.2 Å². The second kappa shape index (κ2) is 5.16. The Bertz CT molecular complexity index is 685. The van der Waals surface area contributed by atoms with E-state index >= 15 is 0 Å². The predicted molar refractivity (Wildman–Crippen MR) is 79.7 cm³/mol. The summed E-state index contributed by atoms with van der Waals surface area (Å²) in [5.74, 6) is 0. The second-order valence-electron chi connectivity index (χ2n) is 4.01. The first kappa shape index (κ1) is 11.8. The fraction of sp³-hybridized carbons (Fsp3) is 0.0714. The van der Waals surface area contributed by atoms with Crippen molar-refractivity contribution in [3.8, 4) is 0 Å². The Morgan fingerprint density at radius 1 is 1.16 bits per heavy atom. The molecule has 0 aliphatic rings. The normalized spacial score (nSPS) is 11.7. The number of hydrogen-bond acceptors (Lipinski definition) is 5. The molecule has 0 saturated carbocycles. The molecule has 3 rings (SSSR count). The van der Waals surface area contributed by atoms with E-state index in [-0.39, 0.29) is 0 Å². The standard InChI is InChI=1S/C14H12N4S/c1-10(11-6-4-5-9-15-11)17-18-14-16-12-7-2-3-8-13(12)19-14/h2-9H,1H3,(H,16,18). The Morgan fingerprint density at radius 2 is 2.00 bits per heavy atom. The van der Waals surface area contributed by atoms with Crippen LogP contribution in [0.3, 0.4) is 0 Å². The van der Waals surface area contributed by atoms with Gasteiger partial charge in [0, 0.05) is 6.20 Å². The fourth-order valence-electron chi connectivity index (χ4n) is 1.69. The van der Waals surface area contributed by atoms with E-state index in [0.29, 0.717) is 0 Å². The number of aromatic nitrogens is 2. The maximum Gasteiger partial charge on any atom is 0.204 e. The zero-order valence-electron chi connectivity index (χ0n) is 10.4. The maximum atomic E-state index is 4.46. The van der Waals surface area contributed by atoms with Crippen molar-refractivity contribution in [2.45, 2.75) is 6.92 Å². The largest absolute Gasteiger partial charge is 0.255 e. The Hall–Kier alpha value is -2.27. The van der Waals surface area contributed by atoms with Crippen LogP contribution < -0.4 is 5.43 Å². The molecule has 0 amide bonds. The lowest BCUT2D eigenvalue weighted by Gasteiger charge is -1.99. The molecule has 0 aliphatic carbocycles. The van der Waals surface area contributed by atoms with Crippen LogP contribution in [0.2, 0.25) is 0 Å². The Labute approximate surface area is 114 Å². The van der Waals surface area contributed by atoms with E-state index in [0.717, 1.165) is 26.8 Å². The number of anilines is 1. The highest BCUT2D eigenvalue weighted by atomic mass is 32.1. The number of hydrogen-bond donors (Lipinski definition) is 1. The summed E-state index contributed by atoms with van der Waals surface area (Å²) in [5, 5.41) is 5.10. The van der Waals surface area contributed by atoms with Crippen LogP contribution in [0.1, 0.15) is 12.6 Å². The minimum absolute atomic E-state index is 0.788. The van der Waals surface area contributed by atoms with Crippen molar-refractivity contribution in [2.24, 2.45) is 5.10 Å². The molecule has 19 heavy (non-hydrogen) atoms. The van der Waals surface area contributed by atoms with Gasteiger partial charge in [-0.1, -0.05) is 29.5 Å². The molecular weight excluding hydrogens is 256 g/mol. The van der Waals surface area contributed by atoms with Gasteiger partial charge in [-0.3, -0.25) is 10.4 Å². The first-order valence-corrected chi connectivity index (χ1v) is 6.72. The molecule has 0 aliphatic heterocycles. The van der Waals surface area contributed by atoms with E-state index in [9.17, 15) is 0 Å². The zero-order valence-corrected chi connectivity index (χ0v) is 11.2. The zero-order chi connectivity index (χ0) is 13.1. The molecule has 0 saturated heterocycles. The summed E-state index contributed by atoms with van der Waals surface area (Å²) in [5.41, 5.74) is 5.67. The first-order chi connectivity index (χ1) is 9.33. The monoisotopic (exact) mass is 268 g/mol. The van der Waals surface area contributed by atoms with E-state index < -0.39 is 0 Å². The molecule has 0 unspecified atom stereocenters. The molecular formula is C14H12N4S. The van der Waals surface area contributed by atoms with Crippen molar-refractivity contribution < 1.29 is 0 Å². The minimum Gasteiger partial charge on any atom is -0.255 e. The summed E-state index contributed by atoms with van der Waals surface area (Å²) in [7, 11) is 0. The van der Waals surface area contributed by atoms with Crippen LogP contribution in [-0.2, 0) is 0 Å². The minimum atomic E-state index is 0.788. The third-order valence-electron chi connectivity index (χ3n) is 2.65. The average molecular weight is 268 g/mol. The van der Waals surface area contributed by atoms with Gasteiger partial charge in [0.05, 0.1) is 21.6 Å². The smallest absolute Gasteiger partial charge is 0.204 e. The Kier molecular flexibility index (Phi) is 3.20. The van der Waals surface area contributed by atoms with Crippen LogP contribution in [0.5, 0.6) is 0 Å². The quantitative estimate of drug-likeness (QED) is 0.584. The summed E-state index contributed by atoms with van der Waals surface area (Å²) in [6.07, 6.45) is 1.76. The van der Waals surface area contributed by atoms with Gasteiger partial charge in [-0.2, -0.15) is 5.10 Å². The number of rotatable bonds is 3. The van der Waals surface area contributed by atoms with Crippen molar-refractivity contribution in [2.75, 3.05) is 5.43 Å². The lowest BCUT2D eigenvalue weighted by atomic mass is 10.3. The summed E-state index contributed by atoms with van der Waals surface area (Å²) in [6.45, 7) is 1.92. The molecule has 2 aromatic heterocycles. The Balaban J connectivity index is 1.82. The maximum absolute atomic E-state index is 4.46. The third-order valence-corrected chi connectivity index (χ3v) is 3.59. The topological polar surface area (TPSA) is 50.2 Å². The highest BCUT2D eigenvalue weighted by molar-refractivity contribution is 7.22. The highest BCUT2D eigenvalue weighted by Crippen LogP contribution is 2.25. The number of benzene rings is 1. The fourth-order valence-corrected chi connectivity index (χ4v) is 2.49. The molecule has 0 radical (unpaired) electrons.